The van der Waals surface area contributed by atoms with Crippen molar-refractivity contribution in [2.45, 2.75) is 64.8 Å². The van der Waals surface area contributed by atoms with Crippen LogP contribution in [0, 0.1) is 17.8 Å². The van der Waals surface area contributed by atoms with E-state index in [2.05, 4.69) is 25.7 Å². The molecule has 0 radical (unpaired) electrons. The Labute approximate surface area is 113 Å². The van der Waals surface area contributed by atoms with Crippen LogP contribution in [0.3, 0.4) is 0 Å². The molecular formula is C16H32N2. The van der Waals surface area contributed by atoms with E-state index in [0.717, 1.165) is 24.3 Å². The van der Waals surface area contributed by atoms with Gasteiger partial charge in [-0.25, -0.2) is 0 Å². The van der Waals surface area contributed by atoms with Gasteiger partial charge >= 0.3 is 0 Å². The lowest BCUT2D eigenvalue weighted by Gasteiger charge is -2.49. The number of nitrogens with two attached hydrogens (primary N) is 1. The lowest BCUT2D eigenvalue weighted by molar-refractivity contribution is 0.00618. The van der Waals surface area contributed by atoms with Gasteiger partial charge in [-0.2, -0.15) is 0 Å². The Balaban J connectivity index is 1.99. The Morgan fingerprint density at radius 2 is 1.83 bits per heavy atom. The Morgan fingerprint density at radius 3 is 2.44 bits per heavy atom. The molecular weight excluding hydrogens is 220 g/mol. The molecule has 1 saturated heterocycles. The SMILES string of the molecule is CC(C)CC(C)(CN)N1CCC2CCCCC2C1. The predicted octanol–water partition coefficient (Wildman–Crippen LogP) is 3.26. The first-order valence-electron chi connectivity index (χ1n) is 8.00. The summed E-state index contributed by atoms with van der Waals surface area (Å²) in [5.41, 5.74) is 6.35. The molecule has 106 valence electrons. The average Bonchev–Trinajstić information content (AvgIpc) is 2.37. The average molecular weight is 252 g/mol. The third-order valence-electron chi connectivity index (χ3n) is 5.34. The molecule has 1 saturated carbocycles. The Hall–Kier alpha value is -0.0800. The van der Waals surface area contributed by atoms with E-state index in [0.29, 0.717) is 0 Å². The van der Waals surface area contributed by atoms with Crippen molar-refractivity contribution < 1.29 is 0 Å². The van der Waals surface area contributed by atoms with E-state index in [1.165, 1.54) is 51.6 Å². The number of hydrogen-bond acceptors (Lipinski definition) is 2. The van der Waals surface area contributed by atoms with E-state index in [1.54, 1.807) is 0 Å². The summed E-state index contributed by atoms with van der Waals surface area (Å²) >= 11 is 0. The molecule has 1 aliphatic carbocycles. The van der Waals surface area contributed by atoms with Gasteiger partial charge in [0, 0.05) is 18.6 Å². The molecule has 1 aliphatic heterocycles. The summed E-state index contributed by atoms with van der Waals surface area (Å²) in [6.07, 6.45) is 8.53. The molecule has 2 aliphatic rings. The molecule has 2 heteroatoms. The molecule has 0 aromatic carbocycles. The second-order valence-corrected chi connectivity index (χ2v) is 7.34. The maximum atomic E-state index is 6.11. The zero-order chi connectivity index (χ0) is 13.2. The fourth-order valence-corrected chi connectivity index (χ4v) is 4.31. The van der Waals surface area contributed by atoms with Gasteiger partial charge in [-0.05, 0) is 50.5 Å². The number of rotatable bonds is 4. The Morgan fingerprint density at radius 1 is 1.17 bits per heavy atom. The van der Waals surface area contributed by atoms with E-state index in [1.807, 2.05) is 0 Å². The topological polar surface area (TPSA) is 29.3 Å². The Kier molecular flexibility index (Phi) is 4.71. The third-order valence-corrected chi connectivity index (χ3v) is 5.34. The first kappa shape index (κ1) is 14.3. The molecule has 0 aromatic heterocycles. The maximum Gasteiger partial charge on any atom is 0.0306 e. The molecule has 1 heterocycles. The monoisotopic (exact) mass is 252 g/mol. The minimum absolute atomic E-state index is 0.233. The molecule has 2 nitrogen and oxygen atoms in total. The largest absolute Gasteiger partial charge is 0.329 e. The van der Waals surface area contributed by atoms with Crippen LogP contribution in [0.25, 0.3) is 0 Å². The van der Waals surface area contributed by atoms with Gasteiger partial charge in [0.1, 0.15) is 0 Å². The second kappa shape index (κ2) is 5.92. The minimum atomic E-state index is 0.233. The third kappa shape index (κ3) is 3.08. The second-order valence-electron chi connectivity index (χ2n) is 7.34. The first-order valence-corrected chi connectivity index (χ1v) is 8.00. The van der Waals surface area contributed by atoms with Gasteiger partial charge in [-0.3, -0.25) is 4.90 Å². The number of fused-ring (bicyclic) bond motifs is 1. The van der Waals surface area contributed by atoms with E-state index < -0.39 is 0 Å². The van der Waals surface area contributed by atoms with Gasteiger partial charge in [0.15, 0.2) is 0 Å². The van der Waals surface area contributed by atoms with Gasteiger partial charge in [0.05, 0.1) is 0 Å². The van der Waals surface area contributed by atoms with E-state index in [-0.39, 0.29) is 5.54 Å². The van der Waals surface area contributed by atoms with Gasteiger partial charge in [-0.15, -0.1) is 0 Å². The fraction of sp³-hybridized carbons (Fsp3) is 1.00. The standard InChI is InChI=1S/C16H32N2/c1-13(2)10-16(3,12-17)18-9-8-14-6-4-5-7-15(14)11-18/h13-15H,4-12,17H2,1-3H3. The van der Waals surface area contributed by atoms with Crippen molar-refractivity contribution in [3.8, 4) is 0 Å². The highest BCUT2D eigenvalue weighted by Gasteiger charge is 2.38. The Bertz CT molecular complexity index is 264. The van der Waals surface area contributed by atoms with Crippen molar-refractivity contribution >= 4 is 0 Å². The van der Waals surface area contributed by atoms with Crippen molar-refractivity contribution in [3.63, 3.8) is 0 Å². The number of hydrogen-bond donors (Lipinski definition) is 1. The van der Waals surface area contributed by atoms with Gasteiger partial charge < -0.3 is 5.73 Å². The zero-order valence-corrected chi connectivity index (χ0v) is 12.6. The summed E-state index contributed by atoms with van der Waals surface area (Å²) in [7, 11) is 0. The normalized spacial score (nSPS) is 33.2. The van der Waals surface area contributed by atoms with Crippen LogP contribution in [0.1, 0.15) is 59.3 Å². The maximum absolute atomic E-state index is 6.11. The summed E-state index contributed by atoms with van der Waals surface area (Å²) in [4.78, 5) is 2.72. The summed E-state index contributed by atoms with van der Waals surface area (Å²) < 4.78 is 0. The van der Waals surface area contributed by atoms with Crippen LogP contribution in [-0.4, -0.2) is 30.1 Å². The quantitative estimate of drug-likeness (QED) is 0.832. The lowest BCUT2D eigenvalue weighted by Crippen LogP contribution is -2.57. The molecule has 0 aromatic rings. The molecule has 0 amide bonds. The van der Waals surface area contributed by atoms with Crippen molar-refractivity contribution in [2.24, 2.45) is 23.5 Å². The van der Waals surface area contributed by atoms with Crippen LogP contribution in [0.4, 0.5) is 0 Å². The lowest BCUT2D eigenvalue weighted by atomic mass is 9.73. The molecule has 18 heavy (non-hydrogen) atoms. The minimum Gasteiger partial charge on any atom is -0.329 e. The van der Waals surface area contributed by atoms with Crippen molar-refractivity contribution in [1.29, 1.82) is 0 Å². The smallest absolute Gasteiger partial charge is 0.0306 e. The molecule has 3 unspecified atom stereocenters. The van der Waals surface area contributed by atoms with Crippen LogP contribution in [0.15, 0.2) is 0 Å². The van der Waals surface area contributed by atoms with E-state index >= 15 is 0 Å². The van der Waals surface area contributed by atoms with Gasteiger partial charge in [0.2, 0.25) is 0 Å². The number of piperidine rings is 1. The summed E-state index contributed by atoms with van der Waals surface area (Å²) in [6.45, 7) is 10.4. The molecule has 2 fully saturated rings. The van der Waals surface area contributed by atoms with Gasteiger partial charge in [-0.1, -0.05) is 33.1 Å². The van der Waals surface area contributed by atoms with Gasteiger partial charge in [0.25, 0.3) is 0 Å². The number of likely N-dealkylation sites (tertiary alicyclic amines) is 1. The van der Waals surface area contributed by atoms with Crippen LogP contribution in [0.2, 0.25) is 0 Å². The summed E-state index contributed by atoms with van der Waals surface area (Å²) in [6, 6.07) is 0. The van der Waals surface area contributed by atoms with Crippen molar-refractivity contribution in [3.05, 3.63) is 0 Å². The fourth-order valence-electron chi connectivity index (χ4n) is 4.31. The highest BCUT2D eigenvalue weighted by Crippen LogP contribution is 2.39. The van der Waals surface area contributed by atoms with Crippen molar-refractivity contribution in [2.75, 3.05) is 19.6 Å². The molecule has 3 atom stereocenters. The molecule has 0 spiro atoms. The summed E-state index contributed by atoms with van der Waals surface area (Å²) in [5.74, 6) is 2.73. The number of nitrogens with zero attached hydrogens (tertiary/aromatic N) is 1. The van der Waals surface area contributed by atoms with Crippen molar-refractivity contribution in [1.82, 2.24) is 4.90 Å². The van der Waals surface area contributed by atoms with Crippen LogP contribution in [0.5, 0.6) is 0 Å². The summed E-state index contributed by atoms with van der Waals surface area (Å²) in [5, 5.41) is 0. The highest BCUT2D eigenvalue weighted by molar-refractivity contribution is 4.94. The highest BCUT2D eigenvalue weighted by atomic mass is 15.2. The molecule has 0 bridgehead atoms. The van der Waals surface area contributed by atoms with E-state index in [4.69, 9.17) is 5.73 Å². The molecule has 2 N–H and O–H groups in total. The van der Waals surface area contributed by atoms with Crippen LogP contribution in [-0.2, 0) is 0 Å². The zero-order valence-electron chi connectivity index (χ0n) is 12.6. The van der Waals surface area contributed by atoms with E-state index in [9.17, 15) is 0 Å². The van der Waals surface area contributed by atoms with Crippen LogP contribution >= 0.6 is 0 Å². The first-order chi connectivity index (χ1) is 8.55. The van der Waals surface area contributed by atoms with Crippen LogP contribution < -0.4 is 5.73 Å². The predicted molar refractivity (Wildman–Crippen MR) is 78.6 cm³/mol. The molecule has 2 rings (SSSR count).